The first kappa shape index (κ1) is 20.6. The maximum Gasteiger partial charge on any atom is 0.320 e. The van der Waals surface area contributed by atoms with E-state index in [0.717, 1.165) is 32.1 Å². The second-order valence-electron chi connectivity index (χ2n) is 6.14. The largest absolute Gasteiger partial charge is 0.480 e. The summed E-state index contributed by atoms with van der Waals surface area (Å²) >= 11 is 0. The molecule has 6 nitrogen and oxygen atoms in total. The number of methoxy groups -OCH3 is 1. The molecule has 0 aromatic carbocycles. The average Bonchev–Trinajstić information content (AvgIpc) is 2.95. The monoisotopic (exact) mass is 345 g/mol. The molecule has 0 aromatic heterocycles. The SMILES string of the molecule is COC(=O)CCCCCC/C=C/COC[C@]1(F)CN[C@H](C(=O)O)C1. The van der Waals surface area contributed by atoms with E-state index in [1.165, 1.54) is 7.11 Å². The van der Waals surface area contributed by atoms with Crippen LogP contribution in [-0.4, -0.2) is 55.6 Å². The molecule has 7 heteroatoms. The van der Waals surface area contributed by atoms with Crippen molar-refractivity contribution >= 4 is 11.9 Å². The number of carboxylic acid groups (broad SMARTS) is 1. The number of esters is 1. The Morgan fingerprint density at radius 1 is 1.29 bits per heavy atom. The Bertz CT molecular complexity index is 429. The normalized spacial score (nSPS) is 23.7. The summed E-state index contributed by atoms with van der Waals surface area (Å²) in [4.78, 5) is 21.7. The van der Waals surface area contributed by atoms with Crippen LogP contribution in [0.3, 0.4) is 0 Å². The zero-order valence-electron chi connectivity index (χ0n) is 14.3. The summed E-state index contributed by atoms with van der Waals surface area (Å²) in [7, 11) is 1.40. The van der Waals surface area contributed by atoms with Gasteiger partial charge in [0.1, 0.15) is 11.7 Å². The van der Waals surface area contributed by atoms with Gasteiger partial charge in [-0.3, -0.25) is 9.59 Å². The lowest BCUT2D eigenvalue weighted by Gasteiger charge is -2.17. The number of hydrogen-bond donors (Lipinski definition) is 2. The summed E-state index contributed by atoms with van der Waals surface area (Å²) in [6.45, 7) is 0.243. The fourth-order valence-corrected chi connectivity index (χ4v) is 2.58. The number of hydrogen-bond acceptors (Lipinski definition) is 5. The minimum atomic E-state index is -1.60. The first-order chi connectivity index (χ1) is 11.5. The van der Waals surface area contributed by atoms with Gasteiger partial charge < -0.3 is 19.9 Å². The van der Waals surface area contributed by atoms with Crippen LogP contribution in [0.5, 0.6) is 0 Å². The predicted octanol–water partition coefficient (Wildman–Crippen LogP) is 2.23. The van der Waals surface area contributed by atoms with Gasteiger partial charge in [-0.2, -0.15) is 0 Å². The number of rotatable bonds is 12. The summed E-state index contributed by atoms with van der Waals surface area (Å²) in [5.41, 5.74) is -1.60. The molecule has 0 spiro atoms. The van der Waals surface area contributed by atoms with E-state index < -0.39 is 17.7 Å². The number of aliphatic carboxylic acids is 1. The van der Waals surface area contributed by atoms with Crippen LogP contribution in [-0.2, 0) is 19.1 Å². The Hall–Kier alpha value is -1.47. The van der Waals surface area contributed by atoms with Crippen molar-refractivity contribution in [3.63, 3.8) is 0 Å². The van der Waals surface area contributed by atoms with Crippen molar-refractivity contribution in [2.75, 3.05) is 26.9 Å². The molecule has 2 atom stereocenters. The molecule has 1 heterocycles. The highest BCUT2D eigenvalue weighted by Gasteiger charge is 2.42. The molecule has 138 valence electrons. The summed E-state index contributed by atoms with van der Waals surface area (Å²) < 4.78 is 24.1. The van der Waals surface area contributed by atoms with E-state index in [9.17, 15) is 14.0 Å². The fraction of sp³-hybridized carbons (Fsp3) is 0.765. The average molecular weight is 345 g/mol. The zero-order chi connectivity index (χ0) is 17.8. The minimum absolute atomic E-state index is 0.0131. The summed E-state index contributed by atoms with van der Waals surface area (Å²) in [6, 6.07) is -0.826. The third-order valence-electron chi connectivity index (χ3n) is 4.00. The quantitative estimate of drug-likeness (QED) is 0.320. The van der Waals surface area contributed by atoms with Crippen molar-refractivity contribution in [1.29, 1.82) is 0 Å². The Kier molecular flexibility index (Phi) is 9.56. The summed E-state index contributed by atoms with van der Waals surface area (Å²) in [5, 5.41) is 11.5. The van der Waals surface area contributed by atoms with Crippen molar-refractivity contribution in [2.45, 2.75) is 56.7 Å². The van der Waals surface area contributed by atoms with Crippen molar-refractivity contribution < 1.29 is 28.6 Å². The molecule has 24 heavy (non-hydrogen) atoms. The number of carbonyl (C=O) groups excluding carboxylic acids is 1. The first-order valence-corrected chi connectivity index (χ1v) is 8.41. The highest BCUT2D eigenvalue weighted by Crippen LogP contribution is 2.24. The van der Waals surface area contributed by atoms with Crippen LogP contribution in [0.15, 0.2) is 12.2 Å². The van der Waals surface area contributed by atoms with Gasteiger partial charge in [-0.1, -0.05) is 25.0 Å². The van der Waals surface area contributed by atoms with Crippen molar-refractivity contribution in [3.8, 4) is 0 Å². The Labute approximate surface area is 142 Å². The van der Waals surface area contributed by atoms with Gasteiger partial charge in [0.05, 0.1) is 20.3 Å². The molecule has 2 N–H and O–H groups in total. The topological polar surface area (TPSA) is 84.9 Å². The van der Waals surface area contributed by atoms with Crippen LogP contribution in [0.1, 0.15) is 44.9 Å². The van der Waals surface area contributed by atoms with Crippen LogP contribution < -0.4 is 5.32 Å². The third-order valence-corrected chi connectivity index (χ3v) is 4.00. The number of alkyl halides is 1. The number of allylic oxidation sites excluding steroid dienone is 1. The van der Waals surface area contributed by atoms with Gasteiger partial charge >= 0.3 is 11.9 Å². The molecular formula is C17H28FNO5. The van der Waals surface area contributed by atoms with Gasteiger partial charge in [0.15, 0.2) is 0 Å². The van der Waals surface area contributed by atoms with E-state index in [1.807, 2.05) is 12.2 Å². The van der Waals surface area contributed by atoms with E-state index in [4.69, 9.17) is 9.84 Å². The van der Waals surface area contributed by atoms with Crippen LogP contribution >= 0.6 is 0 Å². The standard InChI is InChI=1S/C17H28FNO5/c1-23-15(20)9-7-5-3-2-4-6-8-10-24-13-17(18)11-14(16(21)22)19-12-17/h6,8,14,19H,2-5,7,9-13H2,1H3,(H,21,22)/b8-6+/t14-,17+/m0/s1. The molecule has 0 saturated carbocycles. The molecule has 0 bridgehead atoms. The summed E-state index contributed by atoms with van der Waals surface area (Å²) in [6.07, 6.45) is 9.14. The maximum atomic E-state index is 14.2. The molecule has 0 aliphatic carbocycles. The summed E-state index contributed by atoms with van der Waals surface area (Å²) in [5.74, 6) is -1.19. The molecule has 0 radical (unpaired) electrons. The molecule has 0 unspecified atom stereocenters. The third kappa shape index (κ3) is 8.40. The molecule has 0 amide bonds. The van der Waals surface area contributed by atoms with Crippen molar-refractivity contribution in [2.24, 2.45) is 0 Å². The molecular weight excluding hydrogens is 317 g/mol. The van der Waals surface area contributed by atoms with E-state index in [0.29, 0.717) is 13.0 Å². The second kappa shape index (κ2) is 11.1. The number of nitrogens with one attached hydrogen (secondary N) is 1. The van der Waals surface area contributed by atoms with E-state index in [1.54, 1.807) is 0 Å². The lowest BCUT2D eigenvalue weighted by molar-refractivity contribution is -0.141. The Morgan fingerprint density at radius 3 is 2.71 bits per heavy atom. The van der Waals surface area contributed by atoms with Crippen LogP contribution in [0.25, 0.3) is 0 Å². The maximum absolute atomic E-state index is 14.2. The van der Waals surface area contributed by atoms with Crippen LogP contribution in [0, 0.1) is 0 Å². The van der Waals surface area contributed by atoms with Gasteiger partial charge in [0.25, 0.3) is 0 Å². The van der Waals surface area contributed by atoms with Crippen molar-refractivity contribution in [3.05, 3.63) is 12.2 Å². The lowest BCUT2D eigenvalue weighted by Crippen LogP contribution is -2.31. The van der Waals surface area contributed by atoms with Crippen LogP contribution in [0.2, 0.25) is 0 Å². The highest BCUT2D eigenvalue weighted by atomic mass is 19.1. The van der Waals surface area contributed by atoms with Gasteiger partial charge in [-0.15, -0.1) is 0 Å². The highest BCUT2D eigenvalue weighted by molar-refractivity contribution is 5.74. The molecule has 1 aliphatic heterocycles. The van der Waals surface area contributed by atoms with Gasteiger partial charge in [-0.25, -0.2) is 4.39 Å². The Morgan fingerprint density at radius 2 is 2.04 bits per heavy atom. The van der Waals surface area contributed by atoms with E-state index in [-0.39, 0.29) is 25.5 Å². The first-order valence-electron chi connectivity index (χ1n) is 8.41. The second-order valence-corrected chi connectivity index (χ2v) is 6.14. The minimum Gasteiger partial charge on any atom is -0.480 e. The van der Waals surface area contributed by atoms with E-state index >= 15 is 0 Å². The molecule has 1 rings (SSSR count). The van der Waals surface area contributed by atoms with Crippen molar-refractivity contribution in [1.82, 2.24) is 5.32 Å². The Balaban J connectivity index is 1.97. The molecule has 1 aliphatic rings. The number of carbonyl (C=O) groups is 2. The fourth-order valence-electron chi connectivity index (χ4n) is 2.58. The predicted molar refractivity (Wildman–Crippen MR) is 87.6 cm³/mol. The smallest absolute Gasteiger partial charge is 0.320 e. The molecule has 0 aromatic rings. The molecule has 1 fully saturated rings. The van der Waals surface area contributed by atoms with Crippen LogP contribution in [0.4, 0.5) is 4.39 Å². The number of unbranched alkanes of at least 4 members (excludes halogenated alkanes) is 4. The number of halogens is 1. The zero-order valence-corrected chi connectivity index (χ0v) is 14.3. The van der Waals surface area contributed by atoms with Gasteiger partial charge in [0, 0.05) is 19.4 Å². The number of carboxylic acids is 1. The van der Waals surface area contributed by atoms with Gasteiger partial charge in [-0.05, 0) is 19.3 Å². The lowest BCUT2D eigenvalue weighted by atomic mass is 10.0. The van der Waals surface area contributed by atoms with E-state index in [2.05, 4.69) is 10.1 Å². The number of ether oxygens (including phenoxy) is 2. The molecule has 1 saturated heterocycles. The van der Waals surface area contributed by atoms with Gasteiger partial charge in [0.2, 0.25) is 0 Å².